The summed E-state index contributed by atoms with van der Waals surface area (Å²) in [7, 11) is 0. The Kier molecular flexibility index (Phi) is 6.50. The number of rotatable bonds is 7. The van der Waals surface area contributed by atoms with Gasteiger partial charge in [0, 0.05) is 11.7 Å². The van der Waals surface area contributed by atoms with Crippen molar-refractivity contribution >= 4 is 17.6 Å². The van der Waals surface area contributed by atoms with Gasteiger partial charge in [-0.25, -0.2) is 14.5 Å². The molecule has 0 saturated carbocycles. The van der Waals surface area contributed by atoms with Crippen LogP contribution in [-0.4, -0.2) is 38.8 Å². The lowest BCUT2D eigenvalue weighted by molar-refractivity contribution is -0.123. The number of benzene rings is 1. The molecule has 25 heavy (non-hydrogen) atoms. The molecule has 0 unspecified atom stereocenters. The molecular weight excluding hydrogens is 320 g/mol. The molecule has 0 aliphatic rings. The second-order valence-electron chi connectivity index (χ2n) is 5.93. The van der Waals surface area contributed by atoms with Gasteiger partial charge in [0.05, 0.1) is 6.54 Å². The maximum atomic E-state index is 12.1. The predicted molar refractivity (Wildman–Crippen MR) is 95.1 cm³/mol. The first kappa shape index (κ1) is 18.4. The van der Waals surface area contributed by atoms with E-state index in [9.17, 15) is 9.59 Å². The molecule has 3 N–H and O–H groups in total. The number of hydrogen-bond acceptors (Lipinski definition) is 4. The van der Waals surface area contributed by atoms with E-state index in [0.29, 0.717) is 12.2 Å². The van der Waals surface area contributed by atoms with Gasteiger partial charge in [0.2, 0.25) is 5.91 Å². The third-order valence-electron chi connectivity index (χ3n) is 3.74. The van der Waals surface area contributed by atoms with Gasteiger partial charge < -0.3 is 16.0 Å². The minimum Gasteiger partial charge on any atom is -0.352 e. The standard InChI is InChI=1S/C17H24N6O2/c1-4-12(2)20-16(24)13(3)21-17(25)22-15-7-5-6-14(8-15)9-23-11-18-10-19-23/h5-8,10-13H,4,9H2,1-3H3,(H,20,24)(H2,21,22,25)/t12-,13-/m1/s1. The van der Waals surface area contributed by atoms with Crippen LogP contribution in [0.4, 0.5) is 10.5 Å². The van der Waals surface area contributed by atoms with E-state index in [1.807, 2.05) is 32.0 Å². The molecular formula is C17H24N6O2. The molecule has 2 aromatic rings. The van der Waals surface area contributed by atoms with E-state index >= 15 is 0 Å². The predicted octanol–water partition coefficient (Wildman–Crippen LogP) is 1.75. The molecule has 134 valence electrons. The first-order valence-electron chi connectivity index (χ1n) is 8.27. The summed E-state index contributed by atoms with van der Waals surface area (Å²) in [6.45, 7) is 6.12. The van der Waals surface area contributed by atoms with Crippen LogP contribution in [0.15, 0.2) is 36.9 Å². The summed E-state index contributed by atoms with van der Waals surface area (Å²) < 4.78 is 1.69. The molecule has 3 amide bonds. The lowest BCUT2D eigenvalue weighted by Crippen LogP contribution is -2.48. The fourth-order valence-corrected chi connectivity index (χ4v) is 2.15. The van der Waals surface area contributed by atoms with Crippen molar-refractivity contribution < 1.29 is 9.59 Å². The fourth-order valence-electron chi connectivity index (χ4n) is 2.15. The number of amides is 3. The highest BCUT2D eigenvalue weighted by Gasteiger charge is 2.16. The molecule has 0 spiro atoms. The number of anilines is 1. The maximum absolute atomic E-state index is 12.1. The molecule has 8 heteroatoms. The number of aromatic nitrogens is 3. The van der Waals surface area contributed by atoms with Gasteiger partial charge in [-0.1, -0.05) is 19.1 Å². The van der Waals surface area contributed by atoms with Crippen molar-refractivity contribution in [2.45, 2.75) is 45.8 Å². The third-order valence-corrected chi connectivity index (χ3v) is 3.74. The van der Waals surface area contributed by atoms with Crippen LogP contribution < -0.4 is 16.0 Å². The number of carbonyl (C=O) groups excluding carboxylic acids is 2. The van der Waals surface area contributed by atoms with Gasteiger partial charge in [0.1, 0.15) is 18.7 Å². The van der Waals surface area contributed by atoms with Gasteiger partial charge in [-0.05, 0) is 38.0 Å². The van der Waals surface area contributed by atoms with Crippen LogP contribution in [0, 0.1) is 0 Å². The fraction of sp³-hybridized carbons (Fsp3) is 0.412. The molecule has 0 fully saturated rings. The molecule has 0 bridgehead atoms. The largest absolute Gasteiger partial charge is 0.352 e. The number of nitrogens with zero attached hydrogens (tertiary/aromatic N) is 3. The Hall–Kier alpha value is -2.90. The van der Waals surface area contributed by atoms with Crippen molar-refractivity contribution in [2.75, 3.05) is 5.32 Å². The van der Waals surface area contributed by atoms with Gasteiger partial charge in [0.15, 0.2) is 0 Å². The summed E-state index contributed by atoms with van der Waals surface area (Å²) in [4.78, 5) is 27.9. The zero-order valence-electron chi connectivity index (χ0n) is 14.7. The van der Waals surface area contributed by atoms with E-state index in [4.69, 9.17) is 0 Å². The van der Waals surface area contributed by atoms with Gasteiger partial charge in [-0.15, -0.1) is 0 Å². The Balaban J connectivity index is 1.88. The summed E-state index contributed by atoms with van der Waals surface area (Å²) in [5, 5.41) is 12.3. The first-order chi connectivity index (χ1) is 12.0. The van der Waals surface area contributed by atoms with Crippen LogP contribution in [0.25, 0.3) is 0 Å². The normalized spacial score (nSPS) is 12.9. The molecule has 1 heterocycles. The van der Waals surface area contributed by atoms with Crippen LogP contribution in [-0.2, 0) is 11.3 Å². The van der Waals surface area contributed by atoms with E-state index in [-0.39, 0.29) is 11.9 Å². The molecule has 0 aliphatic carbocycles. The Labute approximate surface area is 147 Å². The lowest BCUT2D eigenvalue weighted by Gasteiger charge is -2.18. The van der Waals surface area contributed by atoms with Crippen LogP contribution in [0.1, 0.15) is 32.8 Å². The monoisotopic (exact) mass is 344 g/mol. The second kappa shape index (κ2) is 8.81. The van der Waals surface area contributed by atoms with E-state index in [1.54, 1.807) is 24.0 Å². The molecule has 2 atom stereocenters. The highest BCUT2D eigenvalue weighted by atomic mass is 16.2. The molecule has 8 nitrogen and oxygen atoms in total. The lowest BCUT2D eigenvalue weighted by atomic mass is 10.2. The summed E-state index contributed by atoms with van der Waals surface area (Å²) in [6.07, 6.45) is 3.94. The third kappa shape index (κ3) is 5.91. The zero-order valence-corrected chi connectivity index (χ0v) is 14.7. The maximum Gasteiger partial charge on any atom is 0.319 e. The van der Waals surface area contributed by atoms with Gasteiger partial charge in [-0.3, -0.25) is 4.79 Å². The minimum absolute atomic E-state index is 0.0771. The molecule has 1 aromatic carbocycles. The van der Waals surface area contributed by atoms with Crippen molar-refractivity contribution in [3.8, 4) is 0 Å². The van der Waals surface area contributed by atoms with Crippen molar-refractivity contribution in [3.05, 3.63) is 42.5 Å². The quantitative estimate of drug-likeness (QED) is 0.712. The Morgan fingerprint density at radius 3 is 2.72 bits per heavy atom. The SMILES string of the molecule is CC[C@@H](C)NC(=O)[C@@H](C)NC(=O)Nc1cccc(Cn2cncn2)c1. The number of urea groups is 1. The number of carbonyl (C=O) groups is 2. The summed E-state index contributed by atoms with van der Waals surface area (Å²) >= 11 is 0. The van der Waals surface area contributed by atoms with Crippen LogP contribution in [0.5, 0.6) is 0 Å². The summed E-state index contributed by atoms with van der Waals surface area (Å²) in [6, 6.07) is 6.46. The molecule has 2 rings (SSSR count). The van der Waals surface area contributed by atoms with Crippen LogP contribution >= 0.6 is 0 Å². The van der Waals surface area contributed by atoms with E-state index < -0.39 is 12.1 Å². The first-order valence-corrected chi connectivity index (χ1v) is 8.27. The van der Waals surface area contributed by atoms with Gasteiger partial charge >= 0.3 is 6.03 Å². The minimum atomic E-state index is -0.618. The average Bonchev–Trinajstić information content (AvgIpc) is 3.07. The second-order valence-corrected chi connectivity index (χ2v) is 5.93. The Bertz CT molecular complexity index is 701. The zero-order chi connectivity index (χ0) is 18.2. The Morgan fingerprint density at radius 2 is 2.04 bits per heavy atom. The van der Waals surface area contributed by atoms with Crippen molar-refractivity contribution in [2.24, 2.45) is 0 Å². The van der Waals surface area contributed by atoms with E-state index in [0.717, 1.165) is 12.0 Å². The highest BCUT2D eigenvalue weighted by Crippen LogP contribution is 2.11. The van der Waals surface area contributed by atoms with Gasteiger partial charge in [0.25, 0.3) is 0 Å². The molecule has 0 radical (unpaired) electrons. The number of nitrogens with one attached hydrogen (secondary N) is 3. The molecule has 0 aliphatic heterocycles. The Morgan fingerprint density at radius 1 is 1.24 bits per heavy atom. The van der Waals surface area contributed by atoms with Crippen LogP contribution in [0.3, 0.4) is 0 Å². The summed E-state index contributed by atoms with van der Waals surface area (Å²) in [5.74, 6) is -0.204. The molecule has 0 saturated heterocycles. The van der Waals surface area contributed by atoms with E-state index in [1.165, 1.54) is 6.33 Å². The van der Waals surface area contributed by atoms with Gasteiger partial charge in [-0.2, -0.15) is 5.10 Å². The van der Waals surface area contributed by atoms with Crippen LogP contribution in [0.2, 0.25) is 0 Å². The molecule has 1 aromatic heterocycles. The summed E-state index contributed by atoms with van der Waals surface area (Å²) in [5.41, 5.74) is 1.62. The smallest absolute Gasteiger partial charge is 0.319 e. The van der Waals surface area contributed by atoms with Crippen molar-refractivity contribution in [3.63, 3.8) is 0 Å². The van der Waals surface area contributed by atoms with Crippen molar-refractivity contribution in [1.82, 2.24) is 25.4 Å². The average molecular weight is 344 g/mol. The van der Waals surface area contributed by atoms with E-state index in [2.05, 4.69) is 26.0 Å². The topological polar surface area (TPSA) is 101 Å². The van der Waals surface area contributed by atoms with Crippen molar-refractivity contribution in [1.29, 1.82) is 0 Å². The highest BCUT2D eigenvalue weighted by molar-refractivity contribution is 5.93. The number of hydrogen-bond donors (Lipinski definition) is 3.